The van der Waals surface area contributed by atoms with Gasteiger partial charge in [0.1, 0.15) is 5.66 Å². The van der Waals surface area contributed by atoms with E-state index in [1.54, 1.807) is 0 Å². The summed E-state index contributed by atoms with van der Waals surface area (Å²) in [6, 6.07) is 15.6. The molecule has 2 heterocycles. The molecule has 0 atom stereocenters. The Morgan fingerprint density at radius 2 is 1.62 bits per heavy atom. The number of hydrogen-bond acceptors (Lipinski definition) is 2. The van der Waals surface area contributed by atoms with Crippen LogP contribution in [0, 0.1) is 0 Å². The third kappa shape index (κ3) is 1.65. The molecule has 0 amide bonds. The van der Waals surface area contributed by atoms with E-state index >= 15 is 0 Å². The van der Waals surface area contributed by atoms with Crippen molar-refractivity contribution < 1.29 is 0 Å². The monoisotopic (exact) mass is 278 g/mol. The van der Waals surface area contributed by atoms with Crippen LogP contribution in [0.1, 0.15) is 37.5 Å². The maximum Gasteiger partial charge on any atom is 0.108 e. The maximum atomic E-state index is 2.56. The van der Waals surface area contributed by atoms with Gasteiger partial charge in [0.05, 0.1) is 0 Å². The standard InChI is InChI=1S/C19H22N2/c1-4-14-9-7-11-18-16(14)13-21-17-10-6-5-8-15(17)12-20(18)19(21,2)3/h5-11H,4,12-13H2,1-3H3. The van der Waals surface area contributed by atoms with Crippen LogP contribution in [0.3, 0.4) is 0 Å². The first-order valence-corrected chi connectivity index (χ1v) is 7.87. The van der Waals surface area contributed by atoms with E-state index in [0.717, 1.165) is 19.5 Å². The summed E-state index contributed by atoms with van der Waals surface area (Å²) in [5.74, 6) is 0. The molecule has 0 aromatic heterocycles. The van der Waals surface area contributed by atoms with Gasteiger partial charge in [-0.25, -0.2) is 0 Å². The van der Waals surface area contributed by atoms with Crippen molar-refractivity contribution in [2.75, 3.05) is 9.80 Å². The van der Waals surface area contributed by atoms with Crippen molar-refractivity contribution in [1.29, 1.82) is 0 Å². The molecule has 0 fully saturated rings. The normalized spacial score (nSPS) is 18.2. The van der Waals surface area contributed by atoms with Gasteiger partial charge in [0.2, 0.25) is 0 Å². The highest BCUT2D eigenvalue weighted by Gasteiger charge is 2.43. The van der Waals surface area contributed by atoms with E-state index in [1.807, 2.05) is 0 Å². The van der Waals surface area contributed by atoms with Crippen LogP contribution in [-0.2, 0) is 19.5 Å². The number of nitrogens with zero attached hydrogens (tertiary/aromatic N) is 2. The van der Waals surface area contributed by atoms with Crippen molar-refractivity contribution in [2.45, 2.75) is 45.9 Å². The van der Waals surface area contributed by atoms with E-state index in [9.17, 15) is 0 Å². The Hall–Kier alpha value is -1.96. The number of anilines is 2. The van der Waals surface area contributed by atoms with Gasteiger partial charge in [-0.05, 0) is 49.1 Å². The summed E-state index contributed by atoms with van der Waals surface area (Å²) >= 11 is 0. The van der Waals surface area contributed by atoms with Crippen LogP contribution in [0.2, 0.25) is 0 Å². The van der Waals surface area contributed by atoms with Crippen molar-refractivity contribution in [2.24, 2.45) is 0 Å². The smallest absolute Gasteiger partial charge is 0.108 e. The summed E-state index contributed by atoms with van der Waals surface area (Å²) in [5, 5.41) is 0. The summed E-state index contributed by atoms with van der Waals surface area (Å²) < 4.78 is 0. The molecule has 0 saturated carbocycles. The molecule has 2 aliphatic rings. The number of para-hydroxylation sites is 1. The van der Waals surface area contributed by atoms with E-state index in [4.69, 9.17) is 0 Å². The van der Waals surface area contributed by atoms with Crippen LogP contribution < -0.4 is 9.80 Å². The molecule has 0 saturated heterocycles. The maximum absolute atomic E-state index is 2.56. The number of rotatable bonds is 1. The van der Waals surface area contributed by atoms with E-state index < -0.39 is 0 Å². The van der Waals surface area contributed by atoms with E-state index in [0.29, 0.717) is 0 Å². The fourth-order valence-corrected chi connectivity index (χ4v) is 3.92. The molecule has 0 unspecified atom stereocenters. The Morgan fingerprint density at radius 1 is 0.905 bits per heavy atom. The van der Waals surface area contributed by atoms with Crippen LogP contribution >= 0.6 is 0 Å². The van der Waals surface area contributed by atoms with Gasteiger partial charge in [-0.1, -0.05) is 37.3 Å². The third-order valence-electron chi connectivity index (χ3n) is 5.17. The Balaban J connectivity index is 1.94. The molecule has 0 N–H and O–H groups in total. The highest BCUT2D eigenvalue weighted by Crippen LogP contribution is 2.46. The summed E-state index contributed by atoms with van der Waals surface area (Å²) in [5.41, 5.74) is 7.28. The molecule has 108 valence electrons. The molecule has 0 spiro atoms. The zero-order valence-electron chi connectivity index (χ0n) is 13.1. The average Bonchev–Trinajstić information content (AvgIpc) is 2.47. The second-order valence-electron chi connectivity index (χ2n) is 6.56. The number of fused-ring (bicyclic) bond motifs is 6. The minimum Gasteiger partial charge on any atom is -0.344 e. The highest BCUT2D eigenvalue weighted by atomic mass is 15.4. The second kappa shape index (κ2) is 4.27. The number of hydrogen-bond donors (Lipinski definition) is 0. The minimum absolute atomic E-state index is 0.0354. The average molecular weight is 278 g/mol. The highest BCUT2D eigenvalue weighted by molar-refractivity contribution is 5.71. The summed E-state index contributed by atoms with van der Waals surface area (Å²) in [6.45, 7) is 8.94. The fourth-order valence-electron chi connectivity index (χ4n) is 3.92. The lowest BCUT2D eigenvalue weighted by atomic mass is 9.90. The van der Waals surface area contributed by atoms with Gasteiger partial charge in [0, 0.05) is 24.5 Å². The molecule has 2 bridgehead atoms. The second-order valence-corrected chi connectivity index (χ2v) is 6.56. The summed E-state index contributed by atoms with van der Waals surface area (Å²) in [4.78, 5) is 5.13. The molecule has 2 heteroatoms. The first kappa shape index (κ1) is 12.8. The van der Waals surface area contributed by atoms with Crippen molar-refractivity contribution in [3.05, 3.63) is 59.2 Å². The largest absolute Gasteiger partial charge is 0.344 e. The lowest BCUT2D eigenvalue weighted by Crippen LogP contribution is -2.62. The lowest BCUT2D eigenvalue weighted by Gasteiger charge is -2.57. The Kier molecular flexibility index (Phi) is 2.59. The first-order chi connectivity index (χ1) is 10.1. The van der Waals surface area contributed by atoms with E-state index in [-0.39, 0.29) is 5.66 Å². The van der Waals surface area contributed by atoms with Crippen LogP contribution in [-0.4, -0.2) is 5.66 Å². The van der Waals surface area contributed by atoms with Gasteiger partial charge < -0.3 is 9.80 Å². The summed E-state index contributed by atoms with van der Waals surface area (Å²) in [7, 11) is 0. The number of aryl methyl sites for hydroxylation is 1. The van der Waals surface area contributed by atoms with Crippen molar-refractivity contribution in [1.82, 2.24) is 0 Å². The van der Waals surface area contributed by atoms with Gasteiger partial charge in [-0.2, -0.15) is 0 Å². The fraction of sp³-hybridized carbons (Fsp3) is 0.368. The van der Waals surface area contributed by atoms with Gasteiger partial charge >= 0.3 is 0 Å². The van der Waals surface area contributed by atoms with E-state index in [1.165, 1.54) is 28.1 Å². The van der Waals surface area contributed by atoms with Gasteiger partial charge in [-0.15, -0.1) is 0 Å². The zero-order chi connectivity index (χ0) is 14.6. The first-order valence-electron chi connectivity index (χ1n) is 7.87. The van der Waals surface area contributed by atoms with Crippen molar-refractivity contribution >= 4 is 11.4 Å². The molecule has 0 aliphatic carbocycles. The van der Waals surface area contributed by atoms with Crippen molar-refractivity contribution in [3.63, 3.8) is 0 Å². The van der Waals surface area contributed by atoms with Gasteiger partial charge in [-0.3, -0.25) is 0 Å². The molecule has 2 aromatic rings. The van der Waals surface area contributed by atoms with Crippen LogP contribution in [0.25, 0.3) is 0 Å². The van der Waals surface area contributed by atoms with Crippen LogP contribution in [0.15, 0.2) is 42.5 Å². The predicted octanol–water partition coefficient (Wildman–Crippen LogP) is 4.33. The molecule has 0 radical (unpaired) electrons. The molecular formula is C19H22N2. The third-order valence-corrected chi connectivity index (χ3v) is 5.17. The quantitative estimate of drug-likeness (QED) is 0.766. The molecule has 21 heavy (non-hydrogen) atoms. The Labute approximate surface area is 127 Å². The van der Waals surface area contributed by atoms with Crippen LogP contribution in [0.4, 0.5) is 11.4 Å². The number of benzene rings is 2. The Morgan fingerprint density at radius 3 is 2.43 bits per heavy atom. The van der Waals surface area contributed by atoms with Gasteiger partial charge in [0.25, 0.3) is 0 Å². The zero-order valence-corrected chi connectivity index (χ0v) is 13.1. The predicted molar refractivity (Wildman–Crippen MR) is 88.7 cm³/mol. The molecular weight excluding hydrogens is 256 g/mol. The van der Waals surface area contributed by atoms with Crippen LogP contribution in [0.5, 0.6) is 0 Å². The molecule has 2 nitrogen and oxygen atoms in total. The lowest BCUT2D eigenvalue weighted by molar-refractivity contribution is 0.388. The Bertz CT molecular complexity index is 702. The van der Waals surface area contributed by atoms with E-state index in [2.05, 4.69) is 73.0 Å². The summed E-state index contributed by atoms with van der Waals surface area (Å²) in [6.07, 6.45) is 1.10. The topological polar surface area (TPSA) is 6.48 Å². The van der Waals surface area contributed by atoms with Crippen molar-refractivity contribution in [3.8, 4) is 0 Å². The molecule has 2 aliphatic heterocycles. The van der Waals surface area contributed by atoms with Gasteiger partial charge in [0.15, 0.2) is 0 Å². The molecule has 4 rings (SSSR count). The molecule has 2 aromatic carbocycles. The SMILES string of the molecule is CCc1cccc2c1CN1c3ccccc3CN2C1(C)C. The minimum atomic E-state index is 0.0354.